The number of hydrogen-bond acceptors (Lipinski definition) is 5. The van der Waals surface area contributed by atoms with Gasteiger partial charge in [0.05, 0.1) is 35.2 Å². The third-order valence-electron chi connectivity index (χ3n) is 3.79. The molecule has 1 amide bonds. The minimum Gasteiger partial charge on any atom is -0.495 e. The van der Waals surface area contributed by atoms with Crippen molar-refractivity contribution in [1.29, 1.82) is 0 Å². The number of benzene rings is 1. The molecule has 8 nitrogen and oxygen atoms in total. The van der Waals surface area contributed by atoms with E-state index in [0.717, 1.165) is 0 Å². The van der Waals surface area contributed by atoms with Crippen molar-refractivity contribution in [1.82, 2.24) is 20.2 Å². The number of rotatable bonds is 5. The number of aromatic amines is 1. The number of hydrogen-bond donors (Lipinski definition) is 2. The molecule has 3 aromatic rings. The smallest absolute Gasteiger partial charge is 0.280 e. The second-order valence-corrected chi connectivity index (χ2v) is 5.96. The molecular formula is C18H16ClN5O3. The molecule has 0 radical (unpaired) electrons. The van der Waals surface area contributed by atoms with Crippen LogP contribution in [-0.2, 0) is 0 Å². The predicted molar refractivity (Wildman–Crippen MR) is 102 cm³/mol. The molecule has 3 rings (SSSR count). The first-order valence-corrected chi connectivity index (χ1v) is 8.28. The lowest BCUT2D eigenvalue weighted by molar-refractivity contribution is 0.0955. The Balaban J connectivity index is 1.84. The summed E-state index contributed by atoms with van der Waals surface area (Å²) >= 11 is 6.02. The summed E-state index contributed by atoms with van der Waals surface area (Å²) in [6.07, 6.45) is 4.29. The largest absolute Gasteiger partial charge is 0.495 e. The maximum atomic E-state index is 12.7. The number of amides is 1. The maximum Gasteiger partial charge on any atom is 0.280 e. The fraction of sp³-hybridized carbons (Fsp3) is 0.111. The van der Waals surface area contributed by atoms with Gasteiger partial charge in [-0.25, -0.2) is 10.1 Å². The van der Waals surface area contributed by atoms with Gasteiger partial charge in [0.1, 0.15) is 5.75 Å². The van der Waals surface area contributed by atoms with Crippen LogP contribution in [0.5, 0.6) is 5.75 Å². The molecule has 0 spiro atoms. The minimum atomic E-state index is -0.421. The van der Waals surface area contributed by atoms with Crippen molar-refractivity contribution in [3.63, 3.8) is 0 Å². The van der Waals surface area contributed by atoms with Crippen LogP contribution in [0.1, 0.15) is 21.6 Å². The van der Waals surface area contributed by atoms with Crippen LogP contribution in [0.2, 0.25) is 5.02 Å². The van der Waals surface area contributed by atoms with E-state index in [2.05, 4.69) is 20.6 Å². The average molecular weight is 386 g/mol. The zero-order chi connectivity index (χ0) is 19.4. The molecule has 9 heteroatoms. The Bertz CT molecular complexity index is 1060. The molecule has 0 aliphatic heterocycles. The molecule has 0 aliphatic carbocycles. The number of halogens is 1. The second-order valence-electron chi connectivity index (χ2n) is 5.55. The highest BCUT2D eigenvalue weighted by Gasteiger charge is 2.12. The Labute approximate surface area is 159 Å². The van der Waals surface area contributed by atoms with Gasteiger partial charge in [-0.05, 0) is 31.2 Å². The van der Waals surface area contributed by atoms with Crippen LogP contribution < -0.4 is 15.7 Å². The van der Waals surface area contributed by atoms with E-state index in [1.54, 1.807) is 43.5 Å². The number of carbonyl (C=O) groups is 1. The van der Waals surface area contributed by atoms with Crippen molar-refractivity contribution in [2.45, 2.75) is 6.92 Å². The third kappa shape index (κ3) is 3.90. The zero-order valence-corrected chi connectivity index (χ0v) is 15.3. The van der Waals surface area contributed by atoms with E-state index in [-0.39, 0.29) is 5.56 Å². The van der Waals surface area contributed by atoms with Gasteiger partial charge in [0.2, 0.25) is 0 Å². The number of nitrogens with zero attached hydrogens (tertiary/aromatic N) is 3. The topological polar surface area (TPSA) is 101 Å². The molecule has 0 saturated carbocycles. The van der Waals surface area contributed by atoms with Crippen LogP contribution in [-0.4, -0.2) is 34.0 Å². The molecule has 2 aromatic heterocycles. The number of aryl methyl sites for hydroxylation is 1. The van der Waals surface area contributed by atoms with Crippen LogP contribution in [0.4, 0.5) is 0 Å². The molecule has 0 fully saturated rings. The van der Waals surface area contributed by atoms with Gasteiger partial charge in [0.25, 0.3) is 11.5 Å². The molecule has 138 valence electrons. The molecule has 27 heavy (non-hydrogen) atoms. The lowest BCUT2D eigenvalue weighted by Gasteiger charge is -2.06. The average Bonchev–Trinajstić information content (AvgIpc) is 2.97. The van der Waals surface area contributed by atoms with Gasteiger partial charge in [0, 0.05) is 24.2 Å². The number of aromatic nitrogens is 3. The molecular weight excluding hydrogens is 370 g/mol. The standard InChI is InChI=1S/C18H16ClN5O3/c1-11-14(10-21-22-17(25)12-4-3-7-20-9-12)18(26)24(23-11)13-5-6-15(19)16(8-13)27-2/h3-10,23H,1-2H3,(H,22,25)/b21-10+. The van der Waals surface area contributed by atoms with Crippen molar-refractivity contribution in [2.75, 3.05) is 7.11 Å². The summed E-state index contributed by atoms with van der Waals surface area (Å²) in [5.41, 5.74) is 3.88. The van der Waals surface area contributed by atoms with Gasteiger partial charge in [-0.1, -0.05) is 11.6 Å². The van der Waals surface area contributed by atoms with Crippen LogP contribution in [0.25, 0.3) is 5.69 Å². The lowest BCUT2D eigenvalue weighted by Crippen LogP contribution is -2.20. The van der Waals surface area contributed by atoms with E-state index in [1.165, 1.54) is 24.2 Å². The summed E-state index contributed by atoms with van der Waals surface area (Å²) in [5.74, 6) is 0.0302. The van der Waals surface area contributed by atoms with Gasteiger partial charge in [-0.3, -0.25) is 19.7 Å². The number of H-pyrrole nitrogens is 1. The van der Waals surface area contributed by atoms with Crippen molar-refractivity contribution in [3.05, 3.63) is 74.9 Å². The SMILES string of the molecule is COc1cc(-n2[nH]c(C)c(/C=N/NC(=O)c3cccnc3)c2=O)ccc1Cl. The van der Waals surface area contributed by atoms with Crippen LogP contribution >= 0.6 is 11.6 Å². The quantitative estimate of drug-likeness (QED) is 0.519. The number of carbonyl (C=O) groups excluding carboxylic acids is 1. The molecule has 0 bridgehead atoms. The van der Waals surface area contributed by atoms with Crippen molar-refractivity contribution in [3.8, 4) is 11.4 Å². The Morgan fingerprint density at radius 3 is 2.93 bits per heavy atom. The number of hydrazone groups is 1. The minimum absolute atomic E-state index is 0.315. The zero-order valence-electron chi connectivity index (χ0n) is 14.6. The fourth-order valence-corrected chi connectivity index (χ4v) is 2.59. The van der Waals surface area contributed by atoms with Crippen molar-refractivity contribution < 1.29 is 9.53 Å². The van der Waals surface area contributed by atoms with E-state index in [1.807, 2.05) is 0 Å². The Hall–Kier alpha value is -3.39. The van der Waals surface area contributed by atoms with Crippen molar-refractivity contribution in [2.24, 2.45) is 5.10 Å². The molecule has 2 heterocycles. The van der Waals surface area contributed by atoms with Gasteiger partial charge in [-0.15, -0.1) is 0 Å². The van der Waals surface area contributed by atoms with Gasteiger partial charge < -0.3 is 4.74 Å². The summed E-state index contributed by atoms with van der Waals surface area (Å²) in [6, 6.07) is 8.23. The molecule has 0 aliphatic rings. The highest BCUT2D eigenvalue weighted by molar-refractivity contribution is 6.32. The monoisotopic (exact) mass is 385 g/mol. The van der Waals surface area contributed by atoms with Crippen molar-refractivity contribution >= 4 is 23.7 Å². The number of nitrogens with one attached hydrogen (secondary N) is 2. The molecule has 2 N–H and O–H groups in total. The Kier molecular flexibility index (Phi) is 5.37. The van der Waals surface area contributed by atoms with Gasteiger partial charge >= 0.3 is 0 Å². The van der Waals surface area contributed by atoms with Crippen LogP contribution in [0.15, 0.2) is 52.6 Å². The highest BCUT2D eigenvalue weighted by atomic mass is 35.5. The van der Waals surface area contributed by atoms with Gasteiger partial charge in [0.15, 0.2) is 0 Å². The molecule has 0 unspecified atom stereocenters. The Morgan fingerprint density at radius 2 is 2.22 bits per heavy atom. The summed E-state index contributed by atoms with van der Waals surface area (Å²) in [7, 11) is 1.50. The third-order valence-corrected chi connectivity index (χ3v) is 4.11. The fourth-order valence-electron chi connectivity index (χ4n) is 2.40. The molecule has 0 atom stereocenters. The first-order chi connectivity index (χ1) is 13.0. The van der Waals surface area contributed by atoms with Crippen LogP contribution in [0, 0.1) is 6.92 Å². The first kappa shape index (κ1) is 18.4. The normalized spacial score (nSPS) is 10.9. The number of ether oxygens (including phenoxy) is 1. The van der Waals surface area contributed by atoms with E-state index in [0.29, 0.717) is 33.3 Å². The van der Waals surface area contributed by atoms with Gasteiger partial charge in [-0.2, -0.15) is 5.10 Å². The molecule has 0 saturated heterocycles. The second kappa shape index (κ2) is 7.88. The lowest BCUT2D eigenvalue weighted by atomic mass is 10.3. The van der Waals surface area contributed by atoms with E-state index in [9.17, 15) is 9.59 Å². The summed E-state index contributed by atoms with van der Waals surface area (Å²) in [4.78, 5) is 28.5. The van der Waals surface area contributed by atoms with E-state index < -0.39 is 5.91 Å². The molecule has 1 aromatic carbocycles. The summed E-state index contributed by atoms with van der Waals surface area (Å²) < 4.78 is 6.52. The van der Waals surface area contributed by atoms with E-state index >= 15 is 0 Å². The van der Waals surface area contributed by atoms with Crippen LogP contribution in [0.3, 0.4) is 0 Å². The number of pyridine rings is 1. The summed E-state index contributed by atoms with van der Waals surface area (Å²) in [5, 5.41) is 7.27. The highest BCUT2D eigenvalue weighted by Crippen LogP contribution is 2.26. The Morgan fingerprint density at radius 1 is 1.41 bits per heavy atom. The summed E-state index contributed by atoms with van der Waals surface area (Å²) in [6.45, 7) is 1.73. The predicted octanol–water partition coefficient (Wildman–Crippen LogP) is 2.29. The first-order valence-electron chi connectivity index (χ1n) is 7.90. The number of methoxy groups -OCH3 is 1. The van der Waals surface area contributed by atoms with E-state index in [4.69, 9.17) is 16.3 Å². The maximum absolute atomic E-state index is 12.7.